The molecule has 1 aliphatic heterocycles. The monoisotopic (exact) mass is 374 g/mol. The molecule has 0 saturated carbocycles. The van der Waals surface area contributed by atoms with Crippen molar-refractivity contribution in [3.05, 3.63) is 23.8 Å². The Morgan fingerprint density at radius 1 is 1.27 bits per heavy atom. The van der Waals surface area contributed by atoms with E-state index in [9.17, 15) is 18.7 Å². The number of carbonyl (C=O) groups is 1. The van der Waals surface area contributed by atoms with Crippen LogP contribution in [0.1, 0.15) is 19.3 Å². The fourth-order valence-corrected chi connectivity index (χ4v) is 2.48. The normalized spacial score (nSPS) is 15.6. The number of urea groups is 1. The Morgan fingerprint density at radius 3 is 2.73 bits per heavy atom. The van der Waals surface area contributed by atoms with Crippen molar-refractivity contribution in [2.24, 2.45) is 0 Å². The van der Waals surface area contributed by atoms with E-state index >= 15 is 0 Å². The second kappa shape index (κ2) is 10.1. The molecule has 1 aromatic carbocycles. The number of phenolic OH excluding ortho intramolecular Hbond substituents is 1. The Morgan fingerprint density at radius 2 is 2.00 bits per heavy atom. The molecule has 9 heteroatoms. The zero-order valence-corrected chi connectivity index (χ0v) is 14.4. The predicted octanol–water partition coefficient (Wildman–Crippen LogP) is 1.62. The SMILES string of the molecule is O=C(NCCCC[C@H](O)COc1cc(F)c(O)cc1F)N1CCOCC1. The molecule has 1 heterocycles. The molecular weight excluding hydrogens is 350 g/mol. The maximum atomic E-state index is 13.5. The second-order valence-electron chi connectivity index (χ2n) is 6.03. The summed E-state index contributed by atoms with van der Waals surface area (Å²) in [6, 6.07) is 1.23. The maximum absolute atomic E-state index is 13.5. The Kier molecular flexibility index (Phi) is 7.86. The van der Waals surface area contributed by atoms with Crippen LogP contribution in [0.5, 0.6) is 11.5 Å². The van der Waals surface area contributed by atoms with Gasteiger partial charge in [-0.05, 0) is 19.3 Å². The van der Waals surface area contributed by atoms with Crippen LogP contribution in [0.2, 0.25) is 0 Å². The molecule has 2 rings (SSSR count). The van der Waals surface area contributed by atoms with Crippen molar-refractivity contribution in [2.75, 3.05) is 39.5 Å². The summed E-state index contributed by atoms with van der Waals surface area (Å²) >= 11 is 0. The lowest BCUT2D eigenvalue weighted by atomic mass is 10.1. The van der Waals surface area contributed by atoms with Gasteiger partial charge in [0, 0.05) is 31.8 Å². The molecule has 0 aliphatic carbocycles. The van der Waals surface area contributed by atoms with Gasteiger partial charge < -0.3 is 29.9 Å². The second-order valence-corrected chi connectivity index (χ2v) is 6.03. The van der Waals surface area contributed by atoms with Crippen LogP contribution in [0.3, 0.4) is 0 Å². The first-order chi connectivity index (χ1) is 12.5. The summed E-state index contributed by atoms with van der Waals surface area (Å²) in [5.41, 5.74) is 0. The number of amides is 2. The summed E-state index contributed by atoms with van der Waals surface area (Å²) in [5.74, 6) is -3.06. The molecule has 2 amide bonds. The van der Waals surface area contributed by atoms with Gasteiger partial charge in [-0.3, -0.25) is 0 Å². The van der Waals surface area contributed by atoms with E-state index in [2.05, 4.69) is 5.32 Å². The van der Waals surface area contributed by atoms with E-state index in [0.717, 1.165) is 6.07 Å². The standard InChI is InChI=1S/C17H24F2N2O5/c18-13-10-16(14(19)9-15(13)23)26-11-12(22)3-1-2-4-20-17(24)21-5-7-25-8-6-21/h9-10,12,22-23H,1-8,11H2,(H,20,24)/t12-/m0/s1. The molecule has 1 fully saturated rings. The Balaban J connectivity index is 1.58. The molecule has 1 aromatic rings. The first kappa shape index (κ1) is 20.2. The number of hydrogen-bond donors (Lipinski definition) is 3. The number of aliphatic hydroxyl groups excluding tert-OH is 1. The molecule has 0 radical (unpaired) electrons. The minimum Gasteiger partial charge on any atom is -0.505 e. The maximum Gasteiger partial charge on any atom is 0.317 e. The van der Waals surface area contributed by atoms with Crippen molar-refractivity contribution >= 4 is 6.03 Å². The quantitative estimate of drug-likeness (QED) is 0.602. The van der Waals surface area contributed by atoms with E-state index < -0.39 is 23.5 Å². The van der Waals surface area contributed by atoms with Crippen molar-refractivity contribution in [1.82, 2.24) is 10.2 Å². The number of morpholine rings is 1. The average Bonchev–Trinajstić information content (AvgIpc) is 2.64. The molecule has 26 heavy (non-hydrogen) atoms. The largest absolute Gasteiger partial charge is 0.505 e. The Labute approximate surface area is 150 Å². The van der Waals surface area contributed by atoms with Gasteiger partial charge in [0.25, 0.3) is 0 Å². The van der Waals surface area contributed by atoms with Gasteiger partial charge in [0.05, 0.1) is 19.3 Å². The number of rotatable bonds is 8. The Hall–Kier alpha value is -2.13. The van der Waals surface area contributed by atoms with Crippen molar-refractivity contribution in [3.8, 4) is 11.5 Å². The Bertz CT molecular complexity index is 597. The van der Waals surface area contributed by atoms with Crippen LogP contribution in [-0.2, 0) is 4.74 Å². The zero-order valence-electron chi connectivity index (χ0n) is 14.4. The van der Waals surface area contributed by atoms with Crippen molar-refractivity contribution in [2.45, 2.75) is 25.4 Å². The fourth-order valence-electron chi connectivity index (χ4n) is 2.48. The van der Waals surface area contributed by atoms with Crippen molar-refractivity contribution in [3.63, 3.8) is 0 Å². The summed E-state index contributed by atoms with van der Waals surface area (Å²) in [6.45, 7) is 2.55. The van der Waals surface area contributed by atoms with Crippen LogP contribution in [-0.4, -0.2) is 66.7 Å². The van der Waals surface area contributed by atoms with Gasteiger partial charge in [-0.2, -0.15) is 0 Å². The number of carbonyl (C=O) groups excluding carboxylic acids is 1. The van der Waals surface area contributed by atoms with Gasteiger partial charge in [-0.25, -0.2) is 13.6 Å². The summed E-state index contributed by atoms with van der Waals surface area (Å²) in [7, 11) is 0. The summed E-state index contributed by atoms with van der Waals surface area (Å²) in [6.07, 6.45) is 0.867. The molecule has 0 aromatic heterocycles. The molecule has 3 N–H and O–H groups in total. The van der Waals surface area contributed by atoms with Crippen LogP contribution in [0.25, 0.3) is 0 Å². The average molecular weight is 374 g/mol. The lowest BCUT2D eigenvalue weighted by Gasteiger charge is -2.26. The van der Waals surface area contributed by atoms with E-state index in [1.165, 1.54) is 0 Å². The zero-order chi connectivity index (χ0) is 18.9. The number of aliphatic hydroxyl groups is 1. The lowest BCUT2D eigenvalue weighted by molar-refractivity contribution is 0.0532. The number of nitrogens with one attached hydrogen (secondary N) is 1. The fraction of sp³-hybridized carbons (Fsp3) is 0.588. The lowest BCUT2D eigenvalue weighted by Crippen LogP contribution is -2.46. The highest BCUT2D eigenvalue weighted by atomic mass is 19.1. The number of halogens is 2. The van der Waals surface area contributed by atoms with Gasteiger partial charge in [-0.1, -0.05) is 0 Å². The van der Waals surface area contributed by atoms with E-state index in [1.54, 1.807) is 4.90 Å². The van der Waals surface area contributed by atoms with E-state index in [-0.39, 0.29) is 18.4 Å². The highest BCUT2D eigenvalue weighted by Crippen LogP contribution is 2.25. The van der Waals surface area contributed by atoms with Crippen LogP contribution in [0, 0.1) is 11.6 Å². The first-order valence-corrected chi connectivity index (χ1v) is 8.56. The number of phenols is 1. The number of benzene rings is 1. The molecule has 0 bridgehead atoms. The third-order valence-corrected chi connectivity index (χ3v) is 3.97. The number of hydrogen-bond acceptors (Lipinski definition) is 5. The number of aromatic hydroxyl groups is 1. The van der Waals surface area contributed by atoms with E-state index in [4.69, 9.17) is 14.6 Å². The first-order valence-electron chi connectivity index (χ1n) is 8.56. The predicted molar refractivity (Wildman–Crippen MR) is 89.2 cm³/mol. The minimum atomic E-state index is -0.994. The molecule has 146 valence electrons. The van der Waals surface area contributed by atoms with Gasteiger partial charge >= 0.3 is 6.03 Å². The van der Waals surface area contributed by atoms with Crippen LogP contribution >= 0.6 is 0 Å². The molecule has 1 aliphatic rings. The summed E-state index contributed by atoms with van der Waals surface area (Å²) in [4.78, 5) is 13.5. The van der Waals surface area contributed by atoms with Crippen LogP contribution < -0.4 is 10.1 Å². The van der Waals surface area contributed by atoms with Crippen molar-refractivity contribution < 1.29 is 33.3 Å². The van der Waals surface area contributed by atoms with Crippen LogP contribution in [0.15, 0.2) is 12.1 Å². The van der Waals surface area contributed by atoms with Gasteiger partial charge in [0.2, 0.25) is 0 Å². The van der Waals surface area contributed by atoms with Crippen LogP contribution in [0.4, 0.5) is 13.6 Å². The summed E-state index contributed by atoms with van der Waals surface area (Å²) in [5, 5.41) is 21.7. The molecule has 7 nitrogen and oxygen atoms in total. The molecule has 0 unspecified atom stereocenters. The van der Waals surface area contributed by atoms with E-state index in [1.807, 2.05) is 0 Å². The molecule has 1 saturated heterocycles. The van der Waals surface area contributed by atoms with Gasteiger partial charge in [0.1, 0.15) is 6.61 Å². The smallest absolute Gasteiger partial charge is 0.317 e. The number of unbranched alkanes of at least 4 members (excludes halogenated alkanes) is 1. The topological polar surface area (TPSA) is 91.3 Å². The highest BCUT2D eigenvalue weighted by Gasteiger charge is 2.16. The van der Waals surface area contributed by atoms with Gasteiger partial charge in [-0.15, -0.1) is 0 Å². The third kappa shape index (κ3) is 6.30. The highest BCUT2D eigenvalue weighted by molar-refractivity contribution is 5.74. The minimum absolute atomic E-state index is 0.123. The van der Waals surface area contributed by atoms with Gasteiger partial charge in [0.15, 0.2) is 23.1 Å². The molecular formula is C17H24F2N2O5. The molecule has 1 atom stereocenters. The number of nitrogens with zero attached hydrogens (tertiary/aromatic N) is 1. The van der Waals surface area contributed by atoms with Crippen molar-refractivity contribution in [1.29, 1.82) is 0 Å². The van der Waals surface area contributed by atoms with E-state index in [0.29, 0.717) is 58.2 Å². The molecule has 0 spiro atoms. The summed E-state index contributed by atoms with van der Waals surface area (Å²) < 4.78 is 36.9. The third-order valence-electron chi connectivity index (χ3n) is 3.97. The number of ether oxygens (including phenoxy) is 2.